The maximum Gasteiger partial charge on any atom is 0.0327 e. The van der Waals surface area contributed by atoms with Crippen LogP contribution in [0.2, 0.25) is 0 Å². The van der Waals surface area contributed by atoms with Gasteiger partial charge in [-0.1, -0.05) is 31.2 Å². The number of hydrogen-bond donors (Lipinski definition) is 2. The van der Waals surface area contributed by atoms with Crippen LogP contribution in [0.25, 0.3) is 0 Å². The lowest BCUT2D eigenvalue weighted by molar-refractivity contribution is 0.396. The molecule has 0 fully saturated rings. The van der Waals surface area contributed by atoms with Gasteiger partial charge < -0.3 is 0 Å². The first-order valence-electron chi connectivity index (χ1n) is 7.93. The number of thiophene rings is 1. The van der Waals surface area contributed by atoms with E-state index in [-0.39, 0.29) is 0 Å². The number of fused-ring (bicyclic) bond motifs is 1. The molecule has 1 aliphatic carbocycles. The lowest BCUT2D eigenvalue weighted by Crippen LogP contribution is -2.42. The molecule has 2 aromatic rings. The van der Waals surface area contributed by atoms with Gasteiger partial charge in [0.2, 0.25) is 0 Å². The van der Waals surface area contributed by atoms with E-state index in [9.17, 15) is 0 Å². The van der Waals surface area contributed by atoms with Gasteiger partial charge in [-0.15, -0.1) is 11.3 Å². The summed E-state index contributed by atoms with van der Waals surface area (Å²) in [5.41, 5.74) is 6.10. The summed E-state index contributed by atoms with van der Waals surface area (Å²) in [4.78, 5) is 2.91. The zero-order chi connectivity index (χ0) is 14.7. The van der Waals surface area contributed by atoms with Gasteiger partial charge in [-0.25, -0.2) is 0 Å². The Morgan fingerprint density at radius 1 is 1.24 bits per heavy atom. The van der Waals surface area contributed by atoms with Crippen molar-refractivity contribution in [3.8, 4) is 0 Å². The van der Waals surface area contributed by atoms with Crippen molar-refractivity contribution in [1.82, 2.24) is 5.43 Å². The molecule has 0 saturated heterocycles. The van der Waals surface area contributed by atoms with Gasteiger partial charge in [0.25, 0.3) is 0 Å². The van der Waals surface area contributed by atoms with Gasteiger partial charge >= 0.3 is 0 Å². The van der Waals surface area contributed by atoms with Crippen molar-refractivity contribution >= 4 is 11.3 Å². The molecule has 3 N–H and O–H groups in total. The maximum atomic E-state index is 5.90. The predicted octanol–water partition coefficient (Wildman–Crippen LogP) is 3.81. The second-order valence-corrected chi connectivity index (χ2v) is 7.15. The van der Waals surface area contributed by atoms with Crippen LogP contribution < -0.4 is 11.3 Å². The van der Waals surface area contributed by atoms with Crippen molar-refractivity contribution in [3.63, 3.8) is 0 Å². The predicted molar refractivity (Wildman–Crippen MR) is 90.6 cm³/mol. The first-order chi connectivity index (χ1) is 10.3. The van der Waals surface area contributed by atoms with Gasteiger partial charge in [-0.2, -0.15) is 0 Å². The normalized spacial score (nSPS) is 19.2. The Balaban J connectivity index is 1.80. The Morgan fingerprint density at radius 3 is 2.81 bits per heavy atom. The van der Waals surface area contributed by atoms with Crippen molar-refractivity contribution in [1.29, 1.82) is 0 Å². The molecule has 0 radical (unpaired) electrons. The van der Waals surface area contributed by atoms with Crippen LogP contribution in [-0.2, 0) is 19.3 Å². The van der Waals surface area contributed by atoms with Gasteiger partial charge in [-0.3, -0.25) is 11.3 Å². The molecule has 0 saturated carbocycles. The number of rotatable bonds is 5. The minimum absolute atomic E-state index is 0.329. The molecule has 1 heterocycles. The van der Waals surface area contributed by atoms with Crippen LogP contribution in [0.4, 0.5) is 0 Å². The number of nitrogens with two attached hydrogens (primary N) is 1. The molecule has 2 unspecified atom stereocenters. The zero-order valence-electron chi connectivity index (χ0n) is 12.6. The molecule has 1 aromatic heterocycles. The van der Waals surface area contributed by atoms with Crippen LogP contribution >= 0.6 is 11.3 Å². The van der Waals surface area contributed by atoms with E-state index in [0.29, 0.717) is 12.0 Å². The van der Waals surface area contributed by atoms with Crippen molar-refractivity contribution < 1.29 is 0 Å². The average Bonchev–Trinajstić information content (AvgIpc) is 3.00. The monoisotopic (exact) mass is 300 g/mol. The third kappa shape index (κ3) is 3.20. The summed E-state index contributed by atoms with van der Waals surface area (Å²) in [6, 6.07) is 13.7. The third-order valence-electron chi connectivity index (χ3n) is 4.60. The highest BCUT2D eigenvalue weighted by atomic mass is 32.1. The molecular formula is C18H24N2S. The van der Waals surface area contributed by atoms with E-state index in [0.717, 1.165) is 12.8 Å². The maximum absolute atomic E-state index is 5.90. The molecule has 1 aromatic carbocycles. The smallest absolute Gasteiger partial charge is 0.0327 e. The minimum Gasteiger partial charge on any atom is -0.271 e. The molecule has 0 spiro atoms. The first kappa shape index (κ1) is 14.8. The number of aryl methyl sites for hydroxylation is 2. The summed E-state index contributed by atoms with van der Waals surface area (Å²) in [7, 11) is 0. The van der Waals surface area contributed by atoms with Crippen LogP contribution in [0.5, 0.6) is 0 Å². The van der Waals surface area contributed by atoms with Gasteiger partial charge in [0.15, 0.2) is 0 Å². The number of nitrogens with one attached hydrogen (secondary N) is 1. The number of hydrazine groups is 1. The fourth-order valence-corrected chi connectivity index (χ4v) is 4.48. The van der Waals surface area contributed by atoms with Crippen LogP contribution in [-0.4, -0.2) is 6.04 Å². The van der Waals surface area contributed by atoms with E-state index >= 15 is 0 Å². The second kappa shape index (κ2) is 6.73. The Morgan fingerprint density at radius 2 is 2.05 bits per heavy atom. The molecule has 2 atom stereocenters. The van der Waals surface area contributed by atoms with E-state index in [1.807, 2.05) is 11.3 Å². The summed E-state index contributed by atoms with van der Waals surface area (Å²) in [5.74, 6) is 6.44. The molecule has 2 nitrogen and oxygen atoms in total. The summed E-state index contributed by atoms with van der Waals surface area (Å²) in [6.07, 6.45) is 5.86. The number of benzene rings is 1. The number of hydrogen-bond acceptors (Lipinski definition) is 3. The average molecular weight is 300 g/mol. The lowest BCUT2D eigenvalue weighted by Gasteiger charge is -2.32. The highest BCUT2D eigenvalue weighted by Crippen LogP contribution is 2.35. The molecule has 0 bridgehead atoms. The van der Waals surface area contributed by atoms with E-state index < -0.39 is 0 Å². The van der Waals surface area contributed by atoms with Gasteiger partial charge in [-0.05, 0) is 55.4 Å². The summed E-state index contributed by atoms with van der Waals surface area (Å²) in [6.45, 7) is 2.21. The molecule has 3 heteroatoms. The summed E-state index contributed by atoms with van der Waals surface area (Å²) in [5, 5.41) is 0. The fourth-order valence-electron chi connectivity index (χ4n) is 3.47. The second-order valence-electron chi connectivity index (χ2n) is 5.90. The molecular weight excluding hydrogens is 276 g/mol. The van der Waals surface area contributed by atoms with Crippen molar-refractivity contribution in [3.05, 3.63) is 57.3 Å². The molecule has 0 aliphatic heterocycles. The van der Waals surface area contributed by atoms with Crippen molar-refractivity contribution in [2.75, 3.05) is 0 Å². The summed E-state index contributed by atoms with van der Waals surface area (Å²) >= 11 is 1.93. The SMILES string of the molecule is CCc1ccc(CC(NN)C2CCCc3ccccc32)s1. The van der Waals surface area contributed by atoms with E-state index in [1.54, 1.807) is 0 Å². The zero-order valence-corrected chi connectivity index (χ0v) is 13.5. The fraction of sp³-hybridized carbons (Fsp3) is 0.444. The Bertz CT molecular complexity index is 590. The topological polar surface area (TPSA) is 38.0 Å². The highest BCUT2D eigenvalue weighted by molar-refractivity contribution is 7.11. The Hall–Kier alpha value is -1.16. The first-order valence-corrected chi connectivity index (χ1v) is 8.75. The van der Waals surface area contributed by atoms with Crippen molar-refractivity contribution in [2.45, 2.75) is 51.0 Å². The molecule has 21 heavy (non-hydrogen) atoms. The van der Waals surface area contributed by atoms with Crippen LogP contribution in [0.1, 0.15) is 46.6 Å². The van der Waals surface area contributed by atoms with E-state index in [1.165, 1.54) is 40.1 Å². The quantitative estimate of drug-likeness (QED) is 0.651. The molecule has 1 aliphatic rings. The molecule has 0 amide bonds. The summed E-state index contributed by atoms with van der Waals surface area (Å²) < 4.78 is 0. The van der Waals surface area contributed by atoms with Crippen LogP contribution in [0.15, 0.2) is 36.4 Å². The Labute approximate surface area is 131 Å². The van der Waals surface area contributed by atoms with E-state index in [2.05, 4.69) is 48.7 Å². The van der Waals surface area contributed by atoms with Crippen molar-refractivity contribution in [2.24, 2.45) is 5.84 Å². The Kier molecular flexibility index (Phi) is 4.73. The lowest BCUT2D eigenvalue weighted by atomic mass is 9.78. The molecule has 3 rings (SSSR count). The highest BCUT2D eigenvalue weighted by Gasteiger charge is 2.27. The minimum atomic E-state index is 0.329. The third-order valence-corrected chi connectivity index (χ3v) is 5.85. The van der Waals surface area contributed by atoms with Crippen LogP contribution in [0.3, 0.4) is 0 Å². The van der Waals surface area contributed by atoms with E-state index in [4.69, 9.17) is 5.84 Å². The van der Waals surface area contributed by atoms with Crippen LogP contribution in [0, 0.1) is 0 Å². The van der Waals surface area contributed by atoms with Gasteiger partial charge in [0, 0.05) is 21.7 Å². The van der Waals surface area contributed by atoms with Gasteiger partial charge in [0.1, 0.15) is 0 Å². The largest absolute Gasteiger partial charge is 0.271 e. The molecule has 112 valence electrons. The standard InChI is InChI=1S/C18H24N2S/c1-2-14-10-11-15(21-14)12-18(20-19)17-9-5-7-13-6-3-4-8-16(13)17/h3-4,6,8,10-11,17-18,20H,2,5,7,9,12,19H2,1H3. The van der Waals surface area contributed by atoms with Gasteiger partial charge in [0.05, 0.1) is 0 Å².